The van der Waals surface area contributed by atoms with Crippen molar-refractivity contribution in [3.63, 3.8) is 0 Å². The van der Waals surface area contributed by atoms with Crippen LogP contribution in [0.15, 0.2) is 18.2 Å². The van der Waals surface area contributed by atoms with Gasteiger partial charge in [0.05, 0.1) is 20.1 Å². The van der Waals surface area contributed by atoms with Crippen molar-refractivity contribution in [2.75, 3.05) is 13.7 Å². The second kappa shape index (κ2) is 14.1. The van der Waals surface area contributed by atoms with Crippen molar-refractivity contribution >= 4 is 23.9 Å². The van der Waals surface area contributed by atoms with Crippen LogP contribution in [0.2, 0.25) is 0 Å². The van der Waals surface area contributed by atoms with E-state index in [0.717, 1.165) is 0 Å². The molecular formula is C28H43NO8. The lowest BCUT2D eigenvalue weighted by Crippen LogP contribution is -2.51. The van der Waals surface area contributed by atoms with Crippen LogP contribution in [0.3, 0.4) is 0 Å². The third-order valence-electron chi connectivity index (χ3n) is 5.20. The molecule has 0 spiro atoms. The van der Waals surface area contributed by atoms with Gasteiger partial charge in [-0.25, -0.2) is 0 Å². The number of nitrogens with two attached hydrogens (primary N) is 1. The monoisotopic (exact) mass is 521 g/mol. The van der Waals surface area contributed by atoms with Gasteiger partial charge in [-0.05, 0) is 34.9 Å². The van der Waals surface area contributed by atoms with Crippen LogP contribution >= 0.6 is 0 Å². The maximum atomic E-state index is 12.6. The van der Waals surface area contributed by atoms with E-state index >= 15 is 0 Å². The minimum atomic E-state index is -1.51. The van der Waals surface area contributed by atoms with Gasteiger partial charge in [0.1, 0.15) is 5.54 Å². The summed E-state index contributed by atoms with van der Waals surface area (Å²) in [4.78, 5) is 49.3. The molecule has 1 rings (SSSR count). The Morgan fingerprint density at radius 1 is 0.865 bits per heavy atom. The van der Waals surface area contributed by atoms with Crippen molar-refractivity contribution in [2.45, 2.75) is 86.1 Å². The lowest BCUT2D eigenvalue weighted by Gasteiger charge is -2.27. The number of carbonyl (C=O) groups excluding carboxylic acids is 4. The molecule has 2 N–H and O–H groups in total. The van der Waals surface area contributed by atoms with Crippen LogP contribution in [0.4, 0.5) is 0 Å². The first-order chi connectivity index (χ1) is 17.0. The Morgan fingerprint density at radius 2 is 1.41 bits per heavy atom. The van der Waals surface area contributed by atoms with Gasteiger partial charge in [-0.1, -0.05) is 54.5 Å². The molecule has 0 amide bonds. The Kier molecular flexibility index (Phi) is 12.2. The molecule has 0 unspecified atom stereocenters. The van der Waals surface area contributed by atoms with E-state index in [0.29, 0.717) is 5.56 Å². The van der Waals surface area contributed by atoms with Crippen molar-refractivity contribution in [2.24, 2.45) is 23.0 Å². The molecule has 1 atom stereocenters. The molecule has 9 nitrogen and oxygen atoms in total. The molecule has 0 aromatic heterocycles. The van der Waals surface area contributed by atoms with Crippen LogP contribution in [0.5, 0.6) is 11.5 Å². The summed E-state index contributed by atoms with van der Waals surface area (Å²) in [5.41, 5.74) is 5.23. The van der Waals surface area contributed by atoms with Crippen LogP contribution in [-0.4, -0.2) is 43.1 Å². The minimum Gasteiger partial charge on any atom is -0.468 e. The molecule has 0 fully saturated rings. The van der Waals surface area contributed by atoms with Crippen molar-refractivity contribution in [3.05, 3.63) is 23.8 Å². The SMILES string of the molecule is COC(=O)[C@@](N)(CCOC(=O)CC(C)(C)C)Cc1ccc(OC(=O)CC(C)C)c(OC(=O)CC(C)C)c1. The van der Waals surface area contributed by atoms with Gasteiger partial charge >= 0.3 is 23.9 Å². The summed E-state index contributed by atoms with van der Waals surface area (Å²) in [6.45, 7) is 13.2. The van der Waals surface area contributed by atoms with E-state index in [2.05, 4.69) is 0 Å². The third-order valence-corrected chi connectivity index (χ3v) is 5.20. The van der Waals surface area contributed by atoms with Gasteiger partial charge in [-0.3, -0.25) is 19.2 Å². The zero-order valence-electron chi connectivity index (χ0n) is 23.5. The fraction of sp³-hybridized carbons (Fsp3) is 0.643. The standard InChI is InChI=1S/C28H43NO8/c1-18(2)13-23(30)36-21-10-9-20(15-22(21)37-24(31)14-19(3)4)16-28(29,26(33)34-8)11-12-35-25(32)17-27(5,6)7/h9-10,15,18-19H,11-14,16-17,29H2,1-8H3/t28-/m1/s1. The summed E-state index contributed by atoms with van der Waals surface area (Å²) in [5.74, 6) is -1.67. The van der Waals surface area contributed by atoms with Crippen LogP contribution in [0, 0.1) is 17.3 Å². The fourth-order valence-electron chi connectivity index (χ4n) is 3.48. The highest BCUT2D eigenvalue weighted by atomic mass is 16.6. The number of methoxy groups -OCH3 is 1. The molecule has 0 aliphatic rings. The topological polar surface area (TPSA) is 131 Å². The minimum absolute atomic E-state index is 0.00540. The van der Waals surface area contributed by atoms with E-state index in [-0.39, 0.29) is 73.4 Å². The van der Waals surface area contributed by atoms with Crippen molar-refractivity contribution in [1.82, 2.24) is 0 Å². The number of hydrogen-bond acceptors (Lipinski definition) is 9. The molecule has 0 aliphatic carbocycles. The Morgan fingerprint density at radius 3 is 1.89 bits per heavy atom. The zero-order chi connectivity index (χ0) is 28.4. The maximum absolute atomic E-state index is 12.6. The quantitative estimate of drug-likeness (QED) is 0.297. The van der Waals surface area contributed by atoms with Gasteiger partial charge in [0.15, 0.2) is 11.5 Å². The first-order valence-corrected chi connectivity index (χ1v) is 12.6. The van der Waals surface area contributed by atoms with Gasteiger partial charge in [-0.2, -0.15) is 0 Å². The normalized spacial score (nSPS) is 13.2. The van der Waals surface area contributed by atoms with Crippen molar-refractivity contribution in [3.8, 4) is 11.5 Å². The Bertz CT molecular complexity index is 948. The number of ether oxygens (including phenoxy) is 4. The van der Waals surface area contributed by atoms with Crippen molar-refractivity contribution in [1.29, 1.82) is 0 Å². The summed E-state index contributed by atoms with van der Waals surface area (Å²) in [6.07, 6.45) is 0.620. The zero-order valence-corrected chi connectivity index (χ0v) is 23.5. The lowest BCUT2D eigenvalue weighted by atomic mass is 9.88. The second-order valence-corrected chi connectivity index (χ2v) is 11.5. The number of carbonyl (C=O) groups is 4. The number of rotatable bonds is 13. The highest BCUT2D eigenvalue weighted by Crippen LogP contribution is 2.32. The summed E-state index contributed by atoms with van der Waals surface area (Å²) in [7, 11) is 1.23. The second-order valence-electron chi connectivity index (χ2n) is 11.5. The molecule has 0 bridgehead atoms. The Hall–Kier alpha value is -2.94. The lowest BCUT2D eigenvalue weighted by molar-refractivity contribution is -0.152. The van der Waals surface area contributed by atoms with Crippen LogP contribution in [0.25, 0.3) is 0 Å². The van der Waals surface area contributed by atoms with Gasteiger partial charge in [0, 0.05) is 25.7 Å². The largest absolute Gasteiger partial charge is 0.468 e. The predicted octanol–water partition coefficient (Wildman–Crippen LogP) is 4.37. The Labute approximate surface area is 220 Å². The molecule has 9 heteroatoms. The average Bonchev–Trinajstić information content (AvgIpc) is 2.72. The maximum Gasteiger partial charge on any atom is 0.326 e. The molecular weight excluding hydrogens is 478 g/mol. The van der Waals surface area contributed by atoms with Gasteiger partial charge < -0.3 is 24.7 Å². The highest BCUT2D eigenvalue weighted by molar-refractivity contribution is 5.81. The molecule has 208 valence electrons. The molecule has 0 radical (unpaired) electrons. The summed E-state index contributed by atoms with van der Waals surface area (Å²) in [5, 5.41) is 0. The number of benzene rings is 1. The van der Waals surface area contributed by atoms with E-state index in [1.807, 2.05) is 48.5 Å². The first kappa shape index (κ1) is 32.1. The molecule has 0 saturated carbocycles. The van der Waals surface area contributed by atoms with Gasteiger partial charge in [0.25, 0.3) is 0 Å². The molecule has 1 aromatic rings. The smallest absolute Gasteiger partial charge is 0.326 e. The molecule has 0 aliphatic heterocycles. The van der Waals surface area contributed by atoms with E-state index in [4.69, 9.17) is 24.7 Å². The number of hydrogen-bond donors (Lipinski definition) is 1. The Balaban J connectivity index is 3.15. The van der Waals surface area contributed by atoms with E-state index in [1.54, 1.807) is 6.07 Å². The highest BCUT2D eigenvalue weighted by Gasteiger charge is 2.36. The predicted molar refractivity (Wildman–Crippen MR) is 139 cm³/mol. The van der Waals surface area contributed by atoms with Crippen LogP contribution in [0.1, 0.15) is 79.7 Å². The van der Waals surface area contributed by atoms with Crippen LogP contribution < -0.4 is 15.2 Å². The van der Waals surface area contributed by atoms with Crippen LogP contribution in [-0.2, 0) is 35.1 Å². The third kappa shape index (κ3) is 12.2. The van der Waals surface area contributed by atoms with Crippen molar-refractivity contribution < 1.29 is 38.1 Å². The number of esters is 4. The molecule has 0 saturated heterocycles. The van der Waals surface area contributed by atoms with E-state index in [1.165, 1.54) is 19.2 Å². The van der Waals surface area contributed by atoms with Gasteiger partial charge in [0.2, 0.25) is 0 Å². The molecule has 1 aromatic carbocycles. The molecule has 37 heavy (non-hydrogen) atoms. The summed E-state index contributed by atoms with van der Waals surface area (Å²) < 4.78 is 21.2. The fourth-order valence-corrected chi connectivity index (χ4v) is 3.48. The summed E-state index contributed by atoms with van der Waals surface area (Å²) >= 11 is 0. The average molecular weight is 522 g/mol. The van der Waals surface area contributed by atoms with E-state index < -0.39 is 23.4 Å². The van der Waals surface area contributed by atoms with E-state index in [9.17, 15) is 19.2 Å². The first-order valence-electron chi connectivity index (χ1n) is 12.6. The van der Waals surface area contributed by atoms with Gasteiger partial charge in [-0.15, -0.1) is 0 Å². The molecule has 0 heterocycles. The summed E-state index contributed by atoms with van der Waals surface area (Å²) in [6, 6.07) is 4.66.